The number of carbonyl (C=O) groups is 1. The number of benzene rings is 1. The number of hydrogen-bond donors (Lipinski definition) is 2. The number of aryl methyl sites for hydroxylation is 1. The molecule has 1 fully saturated rings. The van der Waals surface area contributed by atoms with Gasteiger partial charge in [0.2, 0.25) is 0 Å². The summed E-state index contributed by atoms with van der Waals surface area (Å²) in [4.78, 5) is 30.2. The third-order valence-corrected chi connectivity index (χ3v) is 7.67. The average Bonchev–Trinajstić information content (AvgIpc) is 3.05. The summed E-state index contributed by atoms with van der Waals surface area (Å²) >= 11 is 6.50. The number of H-pyrrole nitrogens is 1. The highest BCUT2D eigenvalue weighted by atomic mass is 35.5. The zero-order valence-corrected chi connectivity index (χ0v) is 22.3. The molecule has 0 spiro atoms. The van der Waals surface area contributed by atoms with Crippen LogP contribution in [-0.4, -0.2) is 52.8 Å². The molecule has 0 atom stereocenters. The first-order chi connectivity index (χ1) is 16.2. The number of nitrogens with one attached hydrogen (secondary N) is 2. The number of amides is 1. The maximum absolute atomic E-state index is 13.1. The summed E-state index contributed by atoms with van der Waals surface area (Å²) in [6.45, 7) is 10.4. The Balaban J connectivity index is 1.77. The van der Waals surface area contributed by atoms with Gasteiger partial charge in [0.15, 0.2) is 0 Å². The second-order valence-corrected chi connectivity index (χ2v) is 10.0. The van der Waals surface area contributed by atoms with Crippen LogP contribution in [0.2, 0.25) is 5.02 Å². The molecule has 0 bridgehead atoms. The normalized spacial score (nSPS) is 18.4. The van der Waals surface area contributed by atoms with Gasteiger partial charge in [0.1, 0.15) is 0 Å². The zero-order chi connectivity index (χ0) is 25.0. The predicted molar refractivity (Wildman–Crippen MR) is 140 cm³/mol. The summed E-state index contributed by atoms with van der Waals surface area (Å²) in [6, 6.07) is 4.80. The lowest BCUT2D eigenvalue weighted by Crippen LogP contribution is -2.43. The first-order valence-electron chi connectivity index (χ1n) is 12.5. The minimum absolute atomic E-state index is 0.176. The van der Waals surface area contributed by atoms with Gasteiger partial charge in [0.05, 0.1) is 12.1 Å². The molecule has 1 heterocycles. The van der Waals surface area contributed by atoms with Crippen molar-refractivity contribution in [1.82, 2.24) is 20.0 Å². The predicted octanol–water partition coefficient (Wildman–Crippen LogP) is 4.39. The molecule has 1 amide bonds. The molecule has 1 saturated carbocycles. The van der Waals surface area contributed by atoms with E-state index in [1.165, 1.54) is 19.3 Å². The van der Waals surface area contributed by atoms with E-state index in [0.29, 0.717) is 28.2 Å². The van der Waals surface area contributed by atoms with Crippen molar-refractivity contribution in [1.29, 1.82) is 0 Å². The number of halogens is 1. The molecule has 2 aromatic rings. The Labute approximate surface area is 208 Å². The highest BCUT2D eigenvalue weighted by Gasteiger charge is 2.29. The third-order valence-electron chi connectivity index (χ3n) is 7.46. The smallest absolute Gasteiger partial charge is 0.269 e. The Morgan fingerprint density at radius 1 is 1.18 bits per heavy atom. The van der Waals surface area contributed by atoms with Gasteiger partial charge in [-0.05, 0) is 84.2 Å². The number of nitrogens with zero attached hydrogens (tertiary/aromatic N) is 3. The van der Waals surface area contributed by atoms with Crippen LogP contribution in [-0.2, 0) is 13.6 Å². The lowest BCUT2D eigenvalue weighted by molar-refractivity contribution is 0.0950. The zero-order valence-electron chi connectivity index (χ0n) is 21.5. The molecule has 34 heavy (non-hydrogen) atoms. The molecule has 0 aliphatic heterocycles. The van der Waals surface area contributed by atoms with E-state index in [9.17, 15) is 9.59 Å². The van der Waals surface area contributed by atoms with Crippen molar-refractivity contribution in [3.8, 4) is 0 Å². The van der Waals surface area contributed by atoms with Crippen molar-refractivity contribution in [3.05, 3.63) is 49.9 Å². The topological polar surface area (TPSA) is 73.4 Å². The van der Waals surface area contributed by atoms with Crippen molar-refractivity contribution >= 4 is 23.2 Å². The van der Waals surface area contributed by atoms with Crippen LogP contribution in [0.15, 0.2) is 16.9 Å². The fourth-order valence-corrected chi connectivity index (χ4v) is 5.52. The maximum atomic E-state index is 13.1. The van der Waals surface area contributed by atoms with Gasteiger partial charge in [-0.1, -0.05) is 18.5 Å². The number of carbonyl (C=O) groups excluding carboxylic acids is 1. The van der Waals surface area contributed by atoms with Crippen LogP contribution in [0.1, 0.15) is 73.1 Å². The van der Waals surface area contributed by atoms with Gasteiger partial charge in [-0.15, -0.1) is 0 Å². The first kappa shape index (κ1) is 26.4. The van der Waals surface area contributed by atoms with Crippen molar-refractivity contribution in [2.24, 2.45) is 7.05 Å². The van der Waals surface area contributed by atoms with E-state index in [2.05, 4.69) is 41.1 Å². The van der Waals surface area contributed by atoms with Gasteiger partial charge in [-0.3, -0.25) is 19.4 Å². The number of rotatable bonds is 9. The fourth-order valence-electron chi connectivity index (χ4n) is 5.31. The Hall–Kier alpha value is -2.25. The summed E-state index contributed by atoms with van der Waals surface area (Å²) in [6.07, 6.45) is 5.83. The number of aromatic amines is 1. The average molecular weight is 490 g/mol. The van der Waals surface area contributed by atoms with Gasteiger partial charge in [0.25, 0.3) is 11.5 Å². The number of aromatic nitrogens is 2. The third kappa shape index (κ3) is 5.69. The second kappa shape index (κ2) is 11.5. The molecule has 0 saturated heterocycles. The molecule has 188 valence electrons. The molecule has 2 N–H and O–H groups in total. The van der Waals surface area contributed by atoms with E-state index in [1.807, 2.05) is 19.9 Å². The quantitative estimate of drug-likeness (QED) is 0.547. The second-order valence-electron chi connectivity index (χ2n) is 9.57. The lowest BCUT2D eigenvalue weighted by Gasteiger charge is -2.41. The molecule has 1 aliphatic rings. The van der Waals surface area contributed by atoms with Crippen LogP contribution < -0.4 is 15.8 Å². The molecule has 0 unspecified atom stereocenters. The molecule has 7 nitrogen and oxygen atoms in total. The van der Waals surface area contributed by atoms with Crippen LogP contribution in [0.3, 0.4) is 0 Å². The lowest BCUT2D eigenvalue weighted by atomic mass is 9.88. The SMILES string of the molecule is CCCN(C)[C@H]1CC[C@H](N(CC)c2cc(Cl)cc(C(=O)NCc3c(C)n(C)[nH]c3=O)c2C)CC1. The Kier molecular flexibility index (Phi) is 8.88. The van der Waals surface area contributed by atoms with E-state index in [0.717, 1.165) is 42.9 Å². The van der Waals surface area contributed by atoms with Crippen LogP contribution >= 0.6 is 11.6 Å². The Morgan fingerprint density at radius 2 is 1.82 bits per heavy atom. The first-order valence-corrected chi connectivity index (χ1v) is 12.8. The molecule has 1 aromatic heterocycles. The van der Waals surface area contributed by atoms with Crippen LogP contribution in [0.5, 0.6) is 0 Å². The fraction of sp³-hybridized carbons (Fsp3) is 0.615. The van der Waals surface area contributed by atoms with E-state index >= 15 is 0 Å². The largest absolute Gasteiger partial charge is 0.369 e. The summed E-state index contributed by atoms with van der Waals surface area (Å²) in [5, 5.41) is 6.19. The van der Waals surface area contributed by atoms with Crippen molar-refractivity contribution in [2.45, 2.75) is 78.4 Å². The van der Waals surface area contributed by atoms with Crippen LogP contribution in [0.4, 0.5) is 5.69 Å². The van der Waals surface area contributed by atoms with Gasteiger partial charge >= 0.3 is 0 Å². The van der Waals surface area contributed by atoms with Crippen molar-refractivity contribution < 1.29 is 4.79 Å². The van der Waals surface area contributed by atoms with Gasteiger partial charge in [0, 0.05) is 47.6 Å². The minimum atomic E-state index is -0.218. The highest BCUT2D eigenvalue weighted by Crippen LogP contribution is 2.34. The van der Waals surface area contributed by atoms with E-state index < -0.39 is 0 Å². The summed E-state index contributed by atoms with van der Waals surface area (Å²) in [5.74, 6) is -0.218. The maximum Gasteiger partial charge on any atom is 0.269 e. The molecule has 8 heteroatoms. The molecular formula is C26H40ClN5O2. The van der Waals surface area contributed by atoms with E-state index in [-0.39, 0.29) is 18.0 Å². The van der Waals surface area contributed by atoms with E-state index in [4.69, 9.17) is 11.6 Å². The van der Waals surface area contributed by atoms with Gasteiger partial charge in [-0.25, -0.2) is 0 Å². The van der Waals surface area contributed by atoms with Gasteiger partial charge < -0.3 is 15.1 Å². The number of anilines is 1. The summed E-state index contributed by atoms with van der Waals surface area (Å²) in [5.41, 5.74) is 3.71. The number of hydrogen-bond acceptors (Lipinski definition) is 4. The van der Waals surface area contributed by atoms with Crippen molar-refractivity contribution in [3.63, 3.8) is 0 Å². The standard InChI is InChI=1S/C26H40ClN5O2/c1-7-13-30(5)20-9-11-21(12-10-20)32(8-2)24-15-19(27)14-22(17(24)3)25(33)28-16-23-18(4)31(6)29-26(23)34/h14-15,20-21H,7-13,16H2,1-6H3,(H,28,33)(H,29,34)/t20-,21-. The Bertz CT molecular complexity index is 1050. The van der Waals surface area contributed by atoms with Gasteiger partial charge in [-0.2, -0.15) is 0 Å². The molecule has 1 aliphatic carbocycles. The molecular weight excluding hydrogens is 450 g/mol. The van der Waals surface area contributed by atoms with Crippen molar-refractivity contribution in [2.75, 3.05) is 25.0 Å². The van der Waals surface area contributed by atoms with E-state index in [1.54, 1.807) is 17.8 Å². The van der Waals surface area contributed by atoms with Crippen LogP contribution in [0.25, 0.3) is 0 Å². The van der Waals surface area contributed by atoms with Crippen LogP contribution in [0, 0.1) is 13.8 Å². The Morgan fingerprint density at radius 3 is 2.38 bits per heavy atom. The minimum Gasteiger partial charge on any atom is -0.369 e. The molecule has 1 aromatic carbocycles. The summed E-state index contributed by atoms with van der Waals surface area (Å²) in [7, 11) is 4.02. The molecule has 3 rings (SSSR count). The molecule has 0 radical (unpaired) electrons. The highest BCUT2D eigenvalue weighted by molar-refractivity contribution is 6.31. The monoisotopic (exact) mass is 489 g/mol. The summed E-state index contributed by atoms with van der Waals surface area (Å²) < 4.78 is 1.67.